The van der Waals surface area contributed by atoms with E-state index in [1.807, 2.05) is 24.3 Å². The molecule has 0 heterocycles. The monoisotopic (exact) mass is 371 g/mol. The summed E-state index contributed by atoms with van der Waals surface area (Å²) >= 11 is 0. The van der Waals surface area contributed by atoms with E-state index >= 15 is 0 Å². The molecule has 0 spiro atoms. The molecule has 0 radical (unpaired) electrons. The first-order valence-electron chi connectivity index (χ1n) is 9.86. The van der Waals surface area contributed by atoms with Crippen molar-refractivity contribution in [2.45, 2.75) is 39.0 Å². The molecule has 0 aliphatic heterocycles. The molecule has 28 heavy (non-hydrogen) atoms. The van der Waals surface area contributed by atoms with Gasteiger partial charge in [0.05, 0.1) is 23.4 Å². The van der Waals surface area contributed by atoms with Crippen LogP contribution in [0.3, 0.4) is 0 Å². The molecular formula is C23H25N5. The van der Waals surface area contributed by atoms with Gasteiger partial charge in [-0.15, -0.1) is 0 Å². The Bertz CT molecular complexity index is 915. The lowest BCUT2D eigenvalue weighted by Gasteiger charge is -2.43. The van der Waals surface area contributed by atoms with Gasteiger partial charge in [-0.1, -0.05) is 18.2 Å². The largest absolute Gasteiger partial charge is 0.399 e. The van der Waals surface area contributed by atoms with Crippen molar-refractivity contribution in [1.29, 1.82) is 15.8 Å². The average molecular weight is 371 g/mol. The van der Waals surface area contributed by atoms with Crippen molar-refractivity contribution in [2.24, 2.45) is 17.1 Å². The van der Waals surface area contributed by atoms with E-state index < -0.39 is 5.41 Å². The van der Waals surface area contributed by atoms with Crippen LogP contribution in [0.25, 0.3) is 0 Å². The summed E-state index contributed by atoms with van der Waals surface area (Å²) in [5.74, 6) is -0.425. The number of benzene rings is 1. The molecule has 0 saturated heterocycles. The Morgan fingerprint density at radius 1 is 1.11 bits per heavy atom. The molecule has 2 atom stereocenters. The van der Waals surface area contributed by atoms with Crippen LogP contribution in [0.2, 0.25) is 0 Å². The number of hydrogen-bond acceptors (Lipinski definition) is 5. The van der Waals surface area contributed by atoms with E-state index in [0.717, 1.165) is 49.2 Å². The third kappa shape index (κ3) is 2.83. The van der Waals surface area contributed by atoms with Gasteiger partial charge < -0.3 is 10.6 Å². The molecule has 0 unspecified atom stereocenters. The van der Waals surface area contributed by atoms with E-state index in [1.165, 1.54) is 0 Å². The van der Waals surface area contributed by atoms with E-state index in [0.29, 0.717) is 5.57 Å². The zero-order chi connectivity index (χ0) is 20.3. The Kier molecular flexibility index (Phi) is 5.43. The summed E-state index contributed by atoms with van der Waals surface area (Å²) in [5.41, 5.74) is 8.15. The van der Waals surface area contributed by atoms with Gasteiger partial charge in [0.2, 0.25) is 0 Å². The minimum Gasteiger partial charge on any atom is -0.399 e. The van der Waals surface area contributed by atoms with Crippen molar-refractivity contribution < 1.29 is 0 Å². The Morgan fingerprint density at radius 2 is 1.75 bits per heavy atom. The summed E-state index contributed by atoms with van der Waals surface area (Å²) in [4.78, 5) is 2.25. The molecule has 2 N–H and O–H groups in total. The number of anilines is 1. The van der Waals surface area contributed by atoms with Gasteiger partial charge in [-0.2, -0.15) is 15.8 Å². The number of nitrogens with zero attached hydrogens (tertiary/aromatic N) is 4. The summed E-state index contributed by atoms with van der Waals surface area (Å²) in [6.45, 7) is 6.05. The standard InChI is InChI=1S/C23H25N5/c1-3-28(4-2)17-11-9-16(10-12-17)21-19-8-6-5-7-18(19)20(13-24)22(27)23(21,14-25)15-26/h7,9-12,19,21H,3-6,8,27H2,1-2H3/t19-,21+/m0/s1. The van der Waals surface area contributed by atoms with Crippen LogP contribution < -0.4 is 10.6 Å². The first-order valence-corrected chi connectivity index (χ1v) is 9.86. The summed E-state index contributed by atoms with van der Waals surface area (Å²) in [6, 6.07) is 14.7. The van der Waals surface area contributed by atoms with Crippen LogP contribution in [0.4, 0.5) is 5.69 Å². The molecule has 142 valence electrons. The maximum Gasteiger partial charge on any atom is 0.191 e. The first-order chi connectivity index (χ1) is 13.6. The van der Waals surface area contributed by atoms with Crippen LogP contribution in [0.1, 0.15) is 44.6 Å². The number of allylic oxidation sites excluding steroid dienone is 4. The lowest BCUT2D eigenvalue weighted by Crippen LogP contribution is -2.42. The highest BCUT2D eigenvalue weighted by molar-refractivity contribution is 5.60. The molecule has 2 aliphatic carbocycles. The zero-order valence-corrected chi connectivity index (χ0v) is 16.4. The topological polar surface area (TPSA) is 101 Å². The molecule has 1 aromatic rings. The predicted molar refractivity (Wildman–Crippen MR) is 109 cm³/mol. The summed E-state index contributed by atoms with van der Waals surface area (Å²) in [6.07, 6.45) is 4.78. The Morgan fingerprint density at radius 3 is 2.29 bits per heavy atom. The molecule has 0 saturated carbocycles. The number of nitriles is 3. The number of hydrogen-bond donors (Lipinski definition) is 1. The second kappa shape index (κ2) is 7.79. The van der Waals surface area contributed by atoms with Crippen molar-refractivity contribution >= 4 is 5.69 Å². The summed E-state index contributed by atoms with van der Waals surface area (Å²) < 4.78 is 0. The molecule has 0 fully saturated rings. The second-order valence-corrected chi connectivity index (χ2v) is 7.37. The number of rotatable bonds is 4. The zero-order valence-electron chi connectivity index (χ0n) is 16.4. The quantitative estimate of drug-likeness (QED) is 0.857. The van der Waals surface area contributed by atoms with Crippen molar-refractivity contribution in [3.8, 4) is 18.2 Å². The number of fused-ring (bicyclic) bond motifs is 1. The third-order valence-corrected chi connectivity index (χ3v) is 6.18. The minimum atomic E-state index is -1.53. The average Bonchev–Trinajstić information content (AvgIpc) is 2.74. The van der Waals surface area contributed by atoms with Crippen LogP contribution in [0.5, 0.6) is 0 Å². The van der Waals surface area contributed by atoms with Gasteiger partial charge >= 0.3 is 0 Å². The fourth-order valence-corrected chi connectivity index (χ4v) is 4.73. The van der Waals surface area contributed by atoms with Gasteiger partial charge in [-0.25, -0.2) is 0 Å². The molecule has 0 amide bonds. The third-order valence-electron chi connectivity index (χ3n) is 6.18. The van der Waals surface area contributed by atoms with Gasteiger partial charge in [-0.05, 0) is 62.3 Å². The molecule has 3 rings (SSSR count). The van der Waals surface area contributed by atoms with Crippen molar-refractivity contribution in [1.82, 2.24) is 0 Å². The maximum atomic E-state index is 10.0. The van der Waals surface area contributed by atoms with Crippen LogP contribution in [0.15, 0.2) is 47.2 Å². The Labute approximate surface area is 167 Å². The Hall–Kier alpha value is -3.23. The van der Waals surface area contributed by atoms with Crippen LogP contribution in [-0.2, 0) is 0 Å². The second-order valence-electron chi connectivity index (χ2n) is 7.37. The highest BCUT2D eigenvalue weighted by Crippen LogP contribution is 2.55. The van der Waals surface area contributed by atoms with Gasteiger partial charge in [0.1, 0.15) is 6.07 Å². The van der Waals surface area contributed by atoms with E-state index in [9.17, 15) is 15.8 Å². The van der Waals surface area contributed by atoms with E-state index in [4.69, 9.17) is 5.73 Å². The van der Waals surface area contributed by atoms with Gasteiger partial charge in [0.15, 0.2) is 5.41 Å². The SMILES string of the molecule is CCN(CC)c1ccc([C@@H]2[C@H]3CCCC=C3C(C#N)=C(N)C2(C#N)C#N)cc1. The number of nitrogens with two attached hydrogens (primary N) is 1. The molecule has 0 aromatic heterocycles. The lowest BCUT2D eigenvalue weighted by atomic mass is 9.57. The van der Waals surface area contributed by atoms with E-state index in [-0.39, 0.29) is 17.5 Å². The van der Waals surface area contributed by atoms with Crippen molar-refractivity contribution in [3.63, 3.8) is 0 Å². The highest BCUT2D eigenvalue weighted by atomic mass is 15.1. The van der Waals surface area contributed by atoms with Crippen LogP contribution >= 0.6 is 0 Å². The van der Waals surface area contributed by atoms with Gasteiger partial charge in [0, 0.05) is 24.7 Å². The van der Waals surface area contributed by atoms with Crippen molar-refractivity contribution in [2.75, 3.05) is 18.0 Å². The van der Waals surface area contributed by atoms with Crippen LogP contribution in [0, 0.1) is 45.3 Å². The minimum absolute atomic E-state index is 0.0469. The Balaban J connectivity index is 2.18. The highest BCUT2D eigenvalue weighted by Gasteiger charge is 2.53. The maximum absolute atomic E-state index is 10.0. The molecule has 5 nitrogen and oxygen atoms in total. The molecular weight excluding hydrogens is 346 g/mol. The van der Waals surface area contributed by atoms with Crippen molar-refractivity contribution in [3.05, 3.63) is 52.7 Å². The van der Waals surface area contributed by atoms with E-state index in [1.54, 1.807) is 0 Å². The molecule has 2 aliphatic rings. The molecule has 1 aromatic carbocycles. The van der Waals surface area contributed by atoms with E-state index in [2.05, 4.69) is 43.0 Å². The van der Waals surface area contributed by atoms with Gasteiger partial charge in [0.25, 0.3) is 0 Å². The molecule has 5 heteroatoms. The first kappa shape index (κ1) is 19.5. The normalized spacial score (nSPS) is 22.9. The fourth-order valence-electron chi connectivity index (χ4n) is 4.73. The van der Waals surface area contributed by atoms with Crippen LogP contribution in [-0.4, -0.2) is 13.1 Å². The lowest BCUT2D eigenvalue weighted by molar-refractivity contribution is 0.317. The summed E-state index contributed by atoms with van der Waals surface area (Å²) in [5, 5.41) is 29.8. The fraction of sp³-hybridized carbons (Fsp3) is 0.435. The molecule has 0 bridgehead atoms. The summed E-state index contributed by atoms with van der Waals surface area (Å²) in [7, 11) is 0. The predicted octanol–water partition coefficient (Wildman–Crippen LogP) is 4.13. The smallest absolute Gasteiger partial charge is 0.191 e. The van der Waals surface area contributed by atoms with Gasteiger partial charge in [-0.3, -0.25) is 0 Å².